The Morgan fingerprint density at radius 2 is 1.81 bits per heavy atom. The van der Waals surface area contributed by atoms with Gasteiger partial charge in [0, 0.05) is 29.8 Å². The average molecular weight is 463 g/mol. The van der Waals surface area contributed by atoms with E-state index in [9.17, 15) is 14.9 Å². The molecule has 0 aromatic heterocycles. The summed E-state index contributed by atoms with van der Waals surface area (Å²) in [6.07, 6.45) is 1.12. The number of benzene rings is 2. The molecule has 31 heavy (non-hydrogen) atoms. The van der Waals surface area contributed by atoms with Gasteiger partial charge in [-0.3, -0.25) is 0 Å². The fourth-order valence-corrected chi connectivity index (χ4v) is 3.37. The molecule has 2 aromatic rings. The maximum Gasteiger partial charge on any atom is 0.328 e. The molecule has 0 aliphatic heterocycles. The topological polar surface area (TPSA) is 111 Å². The maximum atomic E-state index is 9.55. The Morgan fingerprint density at radius 1 is 1.16 bits per heavy atom. The van der Waals surface area contributed by atoms with Crippen LogP contribution in [0.4, 0.5) is 0 Å². The zero-order valence-corrected chi connectivity index (χ0v) is 18.9. The monoisotopic (exact) mass is 462 g/mol. The van der Waals surface area contributed by atoms with Crippen LogP contribution >= 0.6 is 23.4 Å². The van der Waals surface area contributed by atoms with Crippen LogP contribution in [0.5, 0.6) is 11.5 Å². The molecular formula is C22H23ClN2O5S. The molecular weight excluding hydrogens is 440 g/mol. The molecule has 9 heteroatoms. The van der Waals surface area contributed by atoms with Gasteiger partial charge in [-0.05, 0) is 43.6 Å². The Kier molecular flexibility index (Phi) is 11.2. The van der Waals surface area contributed by atoms with Gasteiger partial charge in [0.25, 0.3) is 0 Å². The van der Waals surface area contributed by atoms with Crippen molar-refractivity contribution in [2.75, 3.05) is 19.8 Å². The van der Waals surface area contributed by atoms with Crippen molar-refractivity contribution >= 4 is 35.3 Å². The Morgan fingerprint density at radius 3 is 2.32 bits per heavy atom. The van der Waals surface area contributed by atoms with E-state index >= 15 is 0 Å². The first-order valence-electron chi connectivity index (χ1n) is 9.08. The third-order valence-electron chi connectivity index (χ3n) is 3.49. The second-order valence-corrected chi connectivity index (χ2v) is 7.99. The van der Waals surface area contributed by atoms with E-state index in [1.807, 2.05) is 26.2 Å². The van der Waals surface area contributed by atoms with Crippen molar-refractivity contribution in [1.29, 1.82) is 5.26 Å². The first-order valence-corrected chi connectivity index (χ1v) is 10.4. The summed E-state index contributed by atoms with van der Waals surface area (Å²) in [6.45, 7) is 2.95. The van der Waals surface area contributed by atoms with Crippen LogP contribution in [-0.4, -0.2) is 46.9 Å². The van der Waals surface area contributed by atoms with E-state index in [1.54, 1.807) is 30.0 Å². The lowest BCUT2D eigenvalue weighted by atomic mass is 10.2. The van der Waals surface area contributed by atoms with Gasteiger partial charge in [0.05, 0.1) is 10.5 Å². The van der Waals surface area contributed by atoms with Crippen LogP contribution < -0.4 is 4.74 Å². The highest BCUT2D eigenvalue weighted by Gasteiger charge is 2.13. The predicted octanol–water partition coefficient (Wildman–Crippen LogP) is 4.89. The largest absolute Gasteiger partial charge is 0.478 e. The van der Waals surface area contributed by atoms with E-state index in [-0.39, 0.29) is 0 Å². The van der Waals surface area contributed by atoms with Crippen molar-refractivity contribution in [1.82, 2.24) is 4.90 Å². The summed E-state index contributed by atoms with van der Waals surface area (Å²) in [5.74, 6) is -0.323. The zero-order chi connectivity index (χ0) is 23.4. The second kappa shape index (κ2) is 13.3. The number of halogens is 1. The lowest BCUT2D eigenvalue weighted by Gasteiger charge is -2.17. The van der Waals surface area contributed by atoms with Crippen molar-refractivity contribution in [2.24, 2.45) is 0 Å². The van der Waals surface area contributed by atoms with E-state index in [4.69, 9.17) is 26.6 Å². The van der Waals surface area contributed by atoms with E-state index in [1.165, 1.54) is 5.56 Å². The number of aliphatic carboxylic acids is 2. The molecule has 0 atom stereocenters. The van der Waals surface area contributed by atoms with Crippen LogP contribution in [-0.2, 0) is 16.1 Å². The third-order valence-corrected chi connectivity index (χ3v) is 4.76. The molecule has 0 heterocycles. The van der Waals surface area contributed by atoms with Gasteiger partial charge >= 0.3 is 11.9 Å². The van der Waals surface area contributed by atoms with Gasteiger partial charge in [0.15, 0.2) is 0 Å². The molecule has 0 bridgehead atoms. The Balaban J connectivity index is 0.000000512. The molecule has 0 aliphatic rings. The first kappa shape index (κ1) is 26.0. The summed E-state index contributed by atoms with van der Waals surface area (Å²) >= 11 is 7.78. The standard InChI is InChI=1S/C18H19ClN2OS.C4H4O4/c1-4-23-18-14(12-21(2)3)6-5-7-16(18)22-17-10-15(19)9-8-13(17)11-20;5-3(6)1-2-4(7)8/h5-10H,4,12H2,1-3H3;1-2H,(H,5,6)(H,7,8). The van der Waals surface area contributed by atoms with E-state index in [0.29, 0.717) is 28.5 Å². The summed E-state index contributed by atoms with van der Waals surface area (Å²) in [6, 6.07) is 13.2. The number of thioether (sulfide) groups is 1. The highest BCUT2D eigenvalue weighted by Crippen LogP contribution is 2.37. The Labute approximate surface area is 190 Å². The Hall–Kier alpha value is -2.99. The molecule has 0 radical (unpaired) electrons. The van der Waals surface area contributed by atoms with Gasteiger partial charge in [0.2, 0.25) is 0 Å². The van der Waals surface area contributed by atoms with Gasteiger partial charge in [-0.1, -0.05) is 30.7 Å². The number of hydrogen-bond donors (Lipinski definition) is 2. The molecule has 0 amide bonds. The number of ether oxygens (including phenoxy) is 1. The molecule has 0 saturated carbocycles. The number of nitriles is 1. The lowest BCUT2D eigenvalue weighted by molar-refractivity contribution is -0.134. The summed E-state index contributed by atoms with van der Waals surface area (Å²) < 4.78 is 6.04. The average Bonchev–Trinajstić information content (AvgIpc) is 2.69. The number of carboxylic acids is 2. The smallest absolute Gasteiger partial charge is 0.328 e. The fourth-order valence-electron chi connectivity index (χ4n) is 2.35. The molecule has 0 unspecified atom stereocenters. The number of hydrogen-bond acceptors (Lipinski definition) is 6. The normalized spacial score (nSPS) is 10.3. The van der Waals surface area contributed by atoms with Crippen LogP contribution in [0.25, 0.3) is 0 Å². The van der Waals surface area contributed by atoms with Crippen molar-refractivity contribution in [3.05, 3.63) is 64.7 Å². The van der Waals surface area contributed by atoms with Crippen LogP contribution in [0.3, 0.4) is 0 Å². The molecule has 2 N–H and O–H groups in total. The first-order chi connectivity index (χ1) is 14.7. The SMILES string of the molecule is CCSc1c(CN(C)C)cccc1Oc1cc(Cl)ccc1C#N.O=C(O)C=CC(=O)O. The fraction of sp³-hybridized carbons (Fsp3) is 0.227. The predicted molar refractivity (Wildman–Crippen MR) is 121 cm³/mol. The van der Waals surface area contributed by atoms with Crippen LogP contribution in [0.15, 0.2) is 53.4 Å². The quantitative estimate of drug-likeness (QED) is 0.421. The third kappa shape index (κ3) is 9.57. The summed E-state index contributed by atoms with van der Waals surface area (Å²) in [7, 11) is 4.08. The molecule has 2 aromatic carbocycles. The van der Waals surface area contributed by atoms with Crippen LogP contribution in [0.1, 0.15) is 18.1 Å². The van der Waals surface area contributed by atoms with Gasteiger partial charge < -0.3 is 19.8 Å². The van der Waals surface area contributed by atoms with Gasteiger partial charge in [-0.25, -0.2) is 9.59 Å². The highest BCUT2D eigenvalue weighted by atomic mass is 35.5. The molecule has 0 saturated heterocycles. The number of carbonyl (C=O) groups is 2. The van der Waals surface area contributed by atoms with E-state index in [0.717, 1.165) is 22.9 Å². The zero-order valence-electron chi connectivity index (χ0n) is 17.3. The van der Waals surface area contributed by atoms with Crippen molar-refractivity contribution in [2.45, 2.75) is 18.4 Å². The maximum absolute atomic E-state index is 9.55. The molecule has 0 aliphatic carbocycles. The molecule has 2 rings (SSSR count). The second-order valence-electron chi connectivity index (χ2n) is 6.28. The minimum atomic E-state index is -1.26. The van der Waals surface area contributed by atoms with Crippen molar-refractivity contribution in [3.63, 3.8) is 0 Å². The summed E-state index contributed by atoms with van der Waals surface area (Å²) in [5.41, 5.74) is 1.68. The highest BCUT2D eigenvalue weighted by molar-refractivity contribution is 7.99. The number of nitrogens with zero attached hydrogens (tertiary/aromatic N) is 2. The van der Waals surface area contributed by atoms with Gasteiger partial charge in [-0.2, -0.15) is 5.26 Å². The molecule has 164 valence electrons. The number of carboxylic acid groups (broad SMARTS) is 2. The van der Waals surface area contributed by atoms with E-state index in [2.05, 4.69) is 24.0 Å². The lowest BCUT2D eigenvalue weighted by Crippen LogP contribution is -2.11. The summed E-state index contributed by atoms with van der Waals surface area (Å²) in [4.78, 5) is 22.3. The molecule has 0 fully saturated rings. The van der Waals surface area contributed by atoms with Crippen molar-refractivity contribution < 1.29 is 24.5 Å². The van der Waals surface area contributed by atoms with Crippen molar-refractivity contribution in [3.8, 4) is 17.6 Å². The molecule has 7 nitrogen and oxygen atoms in total. The number of rotatable bonds is 8. The van der Waals surface area contributed by atoms with Crippen LogP contribution in [0, 0.1) is 11.3 Å². The van der Waals surface area contributed by atoms with Crippen LogP contribution in [0.2, 0.25) is 5.02 Å². The minimum Gasteiger partial charge on any atom is -0.478 e. The minimum absolute atomic E-state index is 0.472. The van der Waals surface area contributed by atoms with Gasteiger partial charge in [-0.15, -0.1) is 11.8 Å². The Bertz CT molecular complexity index is 970. The molecule has 0 spiro atoms. The van der Waals surface area contributed by atoms with Gasteiger partial charge in [0.1, 0.15) is 17.6 Å². The van der Waals surface area contributed by atoms with E-state index < -0.39 is 11.9 Å². The summed E-state index contributed by atoms with van der Waals surface area (Å²) in [5, 5.41) is 25.4.